The van der Waals surface area contributed by atoms with Crippen LogP contribution in [0.25, 0.3) is 0 Å². The third kappa shape index (κ3) is 16.3. The van der Waals surface area contributed by atoms with Crippen LogP contribution in [0, 0.1) is 0 Å². The fourth-order valence-corrected chi connectivity index (χ4v) is 3.64. The van der Waals surface area contributed by atoms with Crippen molar-refractivity contribution in [2.75, 3.05) is 26.3 Å². The lowest BCUT2D eigenvalue weighted by atomic mass is 10.1. The molecule has 4 nitrogen and oxygen atoms in total. The maximum atomic E-state index is 5.81. The van der Waals surface area contributed by atoms with E-state index in [-0.39, 0.29) is 0 Å². The molecule has 1 rings (SSSR count). The summed E-state index contributed by atoms with van der Waals surface area (Å²) in [6, 6.07) is 7.63. The molecule has 1 aromatic carbocycles. The summed E-state index contributed by atoms with van der Waals surface area (Å²) in [6.07, 6.45) is 15.4. The molecule has 0 unspecified atom stereocenters. The maximum absolute atomic E-state index is 5.81. The Morgan fingerprint density at radius 1 is 0.656 bits per heavy atom. The summed E-state index contributed by atoms with van der Waals surface area (Å²) in [7, 11) is 0. The van der Waals surface area contributed by atoms with E-state index in [9.17, 15) is 0 Å². The van der Waals surface area contributed by atoms with Gasteiger partial charge in [-0.1, -0.05) is 109 Å². The highest BCUT2D eigenvalue weighted by molar-refractivity contribution is 7.80. The summed E-state index contributed by atoms with van der Waals surface area (Å²) in [4.78, 5) is 1.48. The van der Waals surface area contributed by atoms with Gasteiger partial charge in [-0.05, 0) is 25.0 Å². The average molecular weight is 481 g/mol. The minimum absolute atomic E-state index is 0.382. The second kappa shape index (κ2) is 20.2. The van der Waals surface area contributed by atoms with Crippen molar-refractivity contribution in [1.82, 2.24) is 10.6 Å². The molecule has 0 aliphatic heterocycles. The summed E-state index contributed by atoms with van der Waals surface area (Å²) in [5.41, 5.74) is 0. The second-order valence-electron chi connectivity index (χ2n) is 8.29. The molecule has 32 heavy (non-hydrogen) atoms. The van der Waals surface area contributed by atoms with E-state index in [1.54, 1.807) is 0 Å². The van der Waals surface area contributed by atoms with Crippen molar-refractivity contribution in [2.24, 2.45) is 0 Å². The van der Waals surface area contributed by atoms with E-state index in [1.807, 2.05) is 24.3 Å². The van der Waals surface area contributed by atoms with E-state index in [0.717, 1.165) is 47.4 Å². The molecule has 0 heterocycles. The van der Waals surface area contributed by atoms with Gasteiger partial charge in [-0.25, -0.2) is 0 Å². The van der Waals surface area contributed by atoms with Crippen LogP contribution in [0.5, 0.6) is 11.5 Å². The largest absolute Gasteiger partial charge is 0.486 e. The Labute approximate surface area is 207 Å². The molecule has 0 amide bonds. The molecule has 6 heteroatoms. The number of ether oxygens (including phenoxy) is 2. The first-order chi connectivity index (χ1) is 15.7. The van der Waals surface area contributed by atoms with Crippen molar-refractivity contribution < 1.29 is 9.47 Å². The zero-order valence-corrected chi connectivity index (χ0v) is 21.9. The summed E-state index contributed by atoms with van der Waals surface area (Å²) >= 11 is 10.8. The van der Waals surface area contributed by atoms with Gasteiger partial charge in [-0.15, -0.1) is 0 Å². The van der Waals surface area contributed by atoms with Crippen molar-refractivity contribution in [3.8, 4) is 11.5 Å². The average Bonchev–Trinajstić information content (AvgIpc) is 2.80. The Morgan fingerprint density at radius 2 is 1.06 bits per heavy atom. The van der Waals surface area contributed by atoms with Gasteiger partial charge < -0.3 is 20.1 Å². The van der Waals surface area contributed by atoms with Crippen molar-refractivity contribution in [1.29, 1.82) is 0 Å². The molecule has 0 aromatic heterocycles. The van der Waals surface area contributed by atoms with Gasteiger partial charge in [0.15, 0.2) is 0 Å². The zero-order chi connectivity index (χ0) is 23.3. The smallest absolute Gasteiger partial charge is 0.138 e. The third-order valence-electron chi connectivity index (χ3n) is 5.25. The quantitative estimate of drug-likeness (QED) is 0.155. The van der Waals surface area contributed by atoms with Crippen LogP contribution in [0.2, 0.25) is 0 Å². The predicted molar refractivity (Wildman–Crippen MR) is 145 cm³/mol. The van der Waals surface area contributed by atoms with Crippen molar-refractivity contribution in [3.05, 3.63) is 24.3 Å². The van der Waals surface area contributed by atoms with Gasteiger partial charge >= 0.3 is 0 Å². The van der Waals surface area contributed by atoms with E-state index < -0.39 is 0 Å². The van der Waals surface area contributed by atoms with E-state index in [4.69, 9.17) is 33.9 Å². The predicted octanol–water partition coefficient (Wildman–Crippen LogP) is 7.00. The topological polar surface area (TPSA) is 42.5 Å². The van der Waals surface area contributed by atoms with Crippen LogP contribution >= 0.6 is 24.4 Å². The lowest BCUT2D eigenvalue weighted by Crippen LogP contribution is -2.28. The molecular formula is C26H44N2O2S2. The van der Waals surface area contributed by atoms with E-state index in [2.05, 4.69) is 24.5 Å². The molecule has 0 saturated carbocycles. The number of hydrogen-bond donors (Lipinski definition) is 2. The van der Waals surface area contributed by atoms with E-state index in [0.29, 0.717) is 13.2 Å². The zero-order valence-electron chi connectivity index (χ0n) is 20.3. The Bertz CT molecular complexity index is 576. The molecule has 0 bridgehead atoms. The standard InChI is InChI=1S/C26H44N2O2S2/c1-3-5-7-9-11-13-18-27-25(31)21-29-23-16-15-17-24(20-23)30-22-26(32)28-19-14-12-10-8-6-4-2/h15-17,20H,3-14,18-19,21-22H2,1-2H3,(H,27,31)(H,28,32). The molecule has 0 radical (unpaired) electrons. The molecule has 0 fully saturated rings. The van der Waals surface area contributed by atoms with Crippen LogP contribution in [-0.2, 0) is 0 Å². The summed E-state index contributed by atoms with van der Waals surface area (Å²) < 4.78 is 11.6. The third-order valence-corrected chi connectivity index (χ3v) is 5.77. The highest BCUT2D eigenvalue weighted by Crippen LogP contribution is 2.19. The van der Waals surface area contributed by atoms with Gasteiger partial charge in [-0.2, -0.15) is 0 Å². The van der Waals surface area contributed by atoms with Crippen LogP contribution in [0.3, 0.4) is 0 Å². The SMILES string of the molecule is CCCCCCCCNC(=S)COc1cccc(OCC(=S)NCCCCCCCC)c1. The molecule has 0 spiro atoms. The number of rotatable bonds is 20. The van der Waals surface area contributed by atoms with Gasteiger partial charge in [0.25, 0.3) is 0 Å². The minimum atomic E-state index is 0.382. The summed E-state index contributed by atoms with van der Waals surface area (Å²) in [5, 5.41) is 6.57. The Hall–Kier alpha value is -1.40. The Morgan fingerprint density at radius 3 is 1.50 bits per heavy atom. The van der Waals surface area contributed by atoms with E-state index in [1.165, 1.54) is 64.2 Å². The first kappa shape index (κ1) is 28.6. The number of benzene rings is 1. The number of thiocarbonyl (C=S) groups is 2. The van der Waals surface area contributed by atoms with Crippen molar-refractivity contribution in [3.63, 3.8) is 0 Å². The first-order valence-electron chi connectivity index (χ1n) is 12.5. The molecule has 182 valence electrons. The molecular weight excluding hydrogens is 436 g/mol. The fourth-order valence-electron chi connectivity index (χ4n) is 3.32. The van der Waals surface area contributed by atoms with Gasteiger partial charge in [-0.3, -0.25) is 0 Å². The fraction of sp³-hybridized carbons (Fsp3) is 0.692. The molecule has 0 aliphatic carbocycles. The van der Waals surface area contributed by atoms with Crippen molar-refractivity contribution in [2.45, 2.75) is 90.9 Å². The van der Waals surface area contributed by atoms with Crippen LogP contribution < -0.4 is 20.1 Å². The molecule has 0 aliphatic rings. The molecule has 2 N–H and O–H groups in total. The normalized spacial score (nSPS) is 10.6. The molecule has 0 saturated heterocycles. The van der Waals surface area contributed by atoms with E-state index >= 15 is 0 Å². The Kier molecular flexibility index (Phi) is 18.1. The Balaban J connectivity index is 2.14. The highest BCUT2D eigenvalue weighted by Gasteiger charge is 2.03. The van der Waals surface area contributed by atoms with Crippen LogP contribution in [0.15, 0.2) is 24.3 Å². The van der Waals surface area contributed by atoms with Crippen LogP contribution in [0.4, 0.5) is 0 Å². The van der Waals surface area contributed by atoms with Gasteiger partial charge in [0.2, 0.25) is 0 Å². The van der Waals surface area contributed by atoms with Crippen LogP contribution in [-0.4, -0.2) is 36.3 Å². The lowest BCUT2D eigenvalue weighted by Gasteiger charge is -2.12. The minimum Gasteiger partial charge on any atom is -0.486 e. The lowest BCUT2D eigenvalue weighted by molar-refractivity contribution is 0.356. The molecule has 1 aromatic rings. The number of unbranched alkanes of at least 4 members (excludes halogenated alkanes) is 10. The van der Waals surface area contributed by atoms with Gasteiger partial charge in [0, 0.05) is 19.2 Å². The highest BCUT2D eigenvalue weighted by atomic mass is 32.1. The number of nitrogens with one attached hydrogen (secondary N) is 2. The van der Waals surface area contributed by atoms with Crippen molar-refractivity contribution >= 4 is 34.4 Å². The summed E-state index contributed by atoms with van der Waals surface area (Å²) in [6.45, 7) is 7.08. The monoisotopic (exact) mass is 480 g/mol. The molecule has 0 atom stereocenters. The van der Waals surface area contributed by atoms with Gasteiger partial charge in [0.05, 0.1) is 0 Å². The summed E-state index contributed by atoms with van der Waals surface area (Å²) in [5.74, 6) is 1.49. The van der Waals surface area contributed by atoms with Gasteiger partial charge in [0.1, 0.15) is 34.7 Å². The van der Waals surface area contributed by atoms with Crippen LogP contribution in [0.1, 0.15) is 90.9 Å². The maximum Gasteiger partial charge on any atom is 0.138 e. The second-order valence-corrected chi connectivity index (χ2v) is 9.27. The number of hydrogen-bond acceptors (Lipinski definition) is 4. The first-order valence-corrected chi connectivity index (χ1v) is 13.4.